The number of ether oxygens (including phenoxy) is 1. The maximum absolute atomic E-state index is 5.90. The lowest BCUT2D eigenvalue weighted by atomic mass is 10.1. The minimum Gasteiger partial charge on any atom is -0.370 e. The summed E-state index contributed by atoms with van der Waals surface area (Å²) in [5.41, 5.74) is 2.71. The zero-order valence-electron chi connectivity index (χ0n) is 14.2. The van der Waals surface area contributed by atoms with Crippen molar-refractivity contribution >= 4 is 5.96 Å². The van der Waals surface area contributed by atoms with Crippen LogP contribution in [-0.2, 0) is 11.8 Å². The summed E-state index contributed by atoms with van der Waals surface area (Å²) in [4.78, 5) is 6.73. The summed E-state index contributed by atoms with van der Waals surface area (Å²) in [5, 5.41) is 7.74. The van der Waals surface area contributed by atoms with Crippen LogP contribution in [-0.4, -0.2) is 53.9 Å². The van der Waals surface area contributed by atoms with Gasteiger partial charge < -0.3 is 15.0 Å². The summed E-state index contributed by atoms with van der Waals surface area (Å²) in [7, 11) is 3.79. The lowest BCUT2D eigenvalue weighted by molar-refractivity contribution is -0.00800. The van der Waals surface area contributed by atoms with Crippen LogP contribution in [0.15, 0.2) is 29.0 Å². The molecule has 126 valence electrons. The summed E-state index contributed by atoms with van der Waals surface area (Å²) in [5.74, 6) is 0.973. The second-order valence-corrected chi connectivity index (χ2v) is 6.23. The van der Waals surface area contributed by atoms with Crippen molar-refractivity contribution in [3.05, 3.63) is 29.6 Å². The minimum atomic E-state index is 0.0635. The number of aromatic nitrogens is 2. The van der Waals surface area contributed by atoms with Crippen LogP contribution < -0.4 is 5.32 Å². The first-order valence-corrected chi connectivity index (χ1v) is 8.50. The molecule has 0 saturated carbocycles. The van der Waals surface area contributed by atoms with Crippen molar-refractivity contribution < 1.29 is 4.74 Å². The summed E-state index contributed by atoms with van der Waals surface area (Å²) in [6.45, 7) is 3.35. The van der Waals surface area contributed by atoms with Crippen molar-refractivity contribution in [3.8, 4) is 0 Å². The summed E-state index contributed by atoms with van der Waals surface area (Å²) in [6, 6.07) is 0. The fourth-order valence-corrected chi connectivity index (χ4v) is 3.28. The largest absolute Gasteiger partial charge is 0.370 e. The predicted octanol–water partition coefficient (Wildman–Crippen LogP) is 1.87. The molecule has 1 aromatic heterocycles. The van der Waals surface area contributed by atoms with Crippen LogP contribution >= 0.6 is 0 Å². The van der Waals surface area contributed by atoms with E-state index in [0.29, 0.717) is 6.61 Å². The van der Waals surface area contributed by atoms with Crippen molar-refractivity contribution in [2.45, 2.75) is 31.8 Å². The molecule has 3 rings (SSSR count). The van der Waals surface area contributed by atoms with Crippen LogP contribution in [0.25, 0.3) is 0 Å². The number of nitrogens with zero attached hydrogens (tertiary/aromatic N) is 4. The number of morpholine rings is 1. The van der Waals surface area contributed by atoms with Crippen LogP contribution in [0.2, 0.25) is 0 Å². The highest BCUT2D eigenvalue weighted by Gasteiger charge is 2.25. The summed E-state index contributed by atoms with van der Waals surface area (Å²) >= 11 is 0. The first kappa shape index (κ1) is 16.1. The molecule has 0 amide bonds. The summed E-state index contributed by atoms with van der Waals surface area (Å²) in [6.07, 6.45) is 11.3. The van der Waals surface area contributed by atoms with E-state index in [9.17, 15) is 0 Å². The van der Waals surface area contributed by atoms with Gasteiger partial charge in [0.2, 0.25) is 0 Å². The lowest BCUT2D eigenvalue weighted by Crippen LogP contribution is -2.48. The molecule has 1 unspecified atom stereocenters. The molecule has 2 heterocycles. The molecule has 6 nitrogen and oxygen atoms in total. The van der Waals surface area contributed by atoms with Gasteiger partial charge in [0.1, 0.15) is 6.10 Å². The molecular weight excluding hydrogens is 290 g/mol. The van der Waals surface area contributed by atoms with Gasteiger partial charge in [-0.05, 0) is 25.7 Å². The van der Waals surface area contributed by atoms with E-state index in [-0.39, 0.29) is 6.10 Å². The molecule has 0 aromatic carbocycles. The van der Waals surface area contributed by atoms with E-state index in [4.69, 9.17) is 4.74 Å². The van der Waals surface area contributed by atoms with Crippen molar-refractivity contribution in [3.63, 3.8) is 0 Å². The van der Waals surface area contributed by atoms with Gasteiger partial charge >= 0.3 is 0 Å². The van der Waals surface area contributed by atoms with Crippen LogP contribution in [0.4, 0.5) is 0 Å². The number of guanidine groups is 1. The van der Waals surface area contributed by atoms with Gasteiger partial charge in [0, 0.05) is 38.9 Å². The van der Waals surface area contributed by atoms with Gasteiger partial charge in [-0.2, -0.15) is 5.10 Å². The molecule has 1 aromatic rings. The molecule has 1 N–H and O–H groups in total. The average molecular weight is 317 g/mol. The van der Waals surface area contributed by atoms with E-state index >= 15 is 0 Å². The Labute approximate surface area is 138 Å². The number of nitrogens with one attached hydrogen (secondary N) is 1. The molecule has 1 aliphatic heterocycles. The van der Waals surface area contributed by atoms with Gasteiger partial charge in [-0.3, -0.25) is 9.67 Å². The third-order valence-electron chi connectivity index (χ3n) is 4.54. The van der Waals surface area contributed by atoms with E-state index < -0.39 is 0 Å². The first-order valence-electron chi connectivity index (χ1n) is 8.50. The van der Waals surface area contributed by atoms with Gasteiger partial charge in [-0.15, -0.1) is 0 Å². The Morgan fingerprint density at radius 2 is 2.43 bits per heavy atom. The third-order valence-corrected chi connectivity index (χ3v) is 4.54. The standard InChI is InChI=1S/C17H27N5O/c1-18-17(19-8-7-14-5-3-4-6-14)22-9-10-23-16(13-22)15-11-20-21(2)12-15/h5,11-12,16H,3-4,6-10,13H2,1-2H3,(H,18,19). The van der Waals surface area contributed by atoms with E-state index in [2.05, 4.69) is 26.4 Å². The fraction of sp³-hybridized carbons (Fsp3) is 0.647. The normalized spacial score (nSPS) is 22.3. The minimum absolute atomic E-state index is 0.0635. The lowest BCUT2D eigenvalue weighted by Gasteiger charge is -2.34. The van der Waals surface area contributed by atoms with E-state index in [0.717, 1.165) is 37.6 Å². The van der Waals surface area contributed by atoms with Gasteiger partial charge in [0.05, 0.1) is 19.3 Å². The molecule has 0 spiro atoms. The second-order valence-electron chi connectivity index (χ2n) is 6.23. The molecule has 1 fully saturated rings. The van der Waals surface area contributed by atoms with E-state index in [1.807, 2.05) is 31.2 Å². The molecule has 1 aliphatic carbocycles. The highest BCUT2D eigenvalue weighted by atomic mass is 16.5. The van der Waals surface area contributed by atoms with Crippen molar-refractivity contribution in [2.24, 2.45) is 12.0 Å². The number of hydrogen-bond donors (Lipinski definition) is 1. The molecule has 0 radical (unpaired) electrons. The zero-order chi connectivity index (χ0) is 16.1. The maximum Gasteiger partial charge on any atom is 0.193 e. The Hall–Kier alpha value is -1.82. The second kappa shape index (κ2) is 7.64. The molecule has 6 heteroatoms. The first-order chi connectivity index (χ1) is 11.3. The molecule has 1 saturated heterocycles. The van der Waals surface area contributed by atoms with Crippen LogP contribution in [0.5, 0.6) is 0 Å². The topological polar surface area (TPSA) is 54.7 Å². The Morgan fingerprint density at radius 3 is 3.13 bits per heavy atom. The maximum atomic E-state index is 5.90. The molecule has 2 aliphatic rings. The summed E-state index contributed by atoms with van der Waals surface area (Å²) < 4.78 is 7.72. The molecular formula is C17H27N5O. The van der Waals surface area contributed by atoms with E-state index in [1.165, 1.54) is 19.3 Å². The van der Waals surface area contributed by atoms with Crippen LogP contribution in [0, 0.1) is 0 Å². The Bertz CT molecular complexity index is 577. The number of rotatable bonds is 4. The van der Waals surface area contributed by atoms with Gasteiger partial charge in [0.15, 0.2) is 5.96 Å². The molecule has 0 bridgehead atoms. The highest BCUT2D eigenvalue weighted by molar-refractivity contribution is 5.80. The predicted molar refractivity (Wildman–Crippen MR) is 91.4 cm³/mol. The van der Waals surface area contributed by atoms with Crippen molar-refractivity contribution in [1.82, 2.24) is 20.0 Å². The average Bonchev–Trinajstić information content (AvgIpc) is 3.23. The Kier molecular flexibility index (Phi) is 5.33. The monoisotopic (exact) mass is 317 g/mol. The number of aryl methyl sites for hydroxylation is 1. The molecule has 23 heavy (non-hydrogen) atoms. The fourth-order valence-electron chi connectivity index (χ4n) is 3.28. The smallest absolute Gasteiger partial charge is 0.193 e. The van der Waals surface area contributed by atoms with Gasteiger partial charge in [-0.1, -0.05) is 11.6 Å². The SMILES string of the molecule is CN=C(NCCC1=CCCC1)N1CCOC(c2cnn(C)c2)C1. The van der Waals surface area contributed by atoms with Gasteiger partial charge in [0.25, 0.3) is 0 Å². The number of hydrogen-bond acceptors (Lipinski definition) is 3. The quantitative estimate of drug-likeness (QED) is 0.523. The van der Waals surface area contributed by atoms with Crippen LogP contribution in [0.3, 0.4) is 0 Å². The number of allylic oxidation sites excluding steroid dienone is 1. The van der Waals surface area contributed by atoms with Crippen molar-refractivity contribution in [2.75, 3.05) is 33.3 Å². The molecule has 1 atom stereocenters. The van der Waals surface area contributed by atoms with Crippen molar-refractivity contribution in [1.29, 1.82) is 0 Å². The highest BCUT2D eigenvalue weighted by Crippen LogP contribution is 2.22. The zero-order valence-corrected chi connectivity index (χ0v) is 14.2. The number of aliphatic imine (C=N–C) groups is 1. The third kappa shape index (κ3) is 4.13. The van der Waals surface area contributed by atoms with Crippen LogP contribution in [0.1, 0.15) is 37.4 Å². The Balaban J connectivity index is 1.53. The van der Waals surface area contributed by atoms with E-state index in [1.54, 1.807) is 5.57 Å². The van der Waals surface area contributed by atoms with Gasteiger partial charge in [-0.25, -0.2) is 0 Å². The Morgan fingerprint density at radius 1 is 1.52 bits per heavy atom.